The number of hydrogen-bond acceptors (Lipinski definition) is 4. The van der Waals surface area contributed by atoms with E-state index in [0.29, 0.717) is 5.69 Å². The lowest BCUT2D eigenvalue weighted by Crippen LogP contribution is -2.16. The maximum atomic E-state index is 10.8. The highest BCUT2D eigenvalue weighted by Crippen LogP contribution is 2.17. The third-order valence-corrected chi connectivity index (χ3v) is 2.42. The Hall–Kier alpha value is -3.02. The lowest BCUT2D eigenvalue weighted by atomic mass is 10.2. The average molecular weight is 302 g/mol. The molecule has 0 heterocycles. The maximum Gasteiger partial charge on any atom is 0.411 e. The topological polar surface area (TPSA) is 90.7 Å². The minimum atomic E-state index is -0.912. The first-order valence-corrected chi connectivity index (χ1v) is 6.45. The number of carbonyl (C=O) groups is 2. The molecule has 0 aliphatic carbocycles. The second kappa shape index (κ2) is 9.02. The number of anilines is 1. The molecular formula is C16H18N2O4. The summed E-state index contributed by atoms with van der Waals surface area (Å²) in [5.74, 6) is 0.247. The van der Waals surface area contributed by atoms with Gasteiger partial charge < -0.3 is 15.2 Å². The molecule has 0 aliphatic rings. The standard InChI is InChI=1S/C9H10N2O4.C7H8/c1-14-9(13)11-6-3-2-4-7(5-6)15-8(10)12;1-7-5-3-2-4-6-7/h2-5H,1H3,(H2,10,12)(H,11,13);2-6H,1H3. The second-order valence-electron chi connectivity index (χ2n) is 4.22. The number of rotatable bonds is 2. The van der Waals surface area contributed by atoms with E-state index in [-0.39, 0.29) is 5.75 Å². The molecular weight excluding hydrogens is 284 g/mol. The van der Waals surface area contributed by atoms with Crippen LogP contribution in [-0.2, 0) is 4.74 Å². The molecule has 6 nitrogen and oxygen atoms in total. The number of ether oxygens (including phenoxy) is 2. The van der Waals surface area contributed by atoms with Gasteiger partial charge in [0, 0.05) is 11.8 Å². The third kappa shape index (κ3) is 6.95. The van der Waals surface area contributed by atoms with Crippen molar-refractivity contribution in [3.8, 4) is 5.75 Å². The molecule has 2 aromatic carbocycles. The van der Waals surface area contributed by atoms with Crippen LogP contribution in [0.25, 0.3) is 0 Å². The molecule has 3 N–H and O–H groups in total. The summed E-state index contributed by atoms with van der Waals surface area (Å²) in [7, 11) is 1.25. The van der Waals surface area contributed by atoms with Gasteiger partial charge >= 0.3 is 12.2 Å². The second-order valence-corrected chi connectivity index (χ2v) is 4.22. The van der Waals surface area contributed by atoms with E-state index in [2.05, 4.69) is 33.8 Å². The van der Waals surface area contributed by atoms with E-state index >= 15 is 0 Å². The van der Waals surface area contributed by atoms with Gasteiger partial charge in [0.05, 0.1) is 7.11 Å². The van der Waals surface area contributed by atoms with E-state index in [1.54, 1.807) is 12.1 Å². The lowest BCUT2D eigenvalue weighted by molar-refractivity contribution is 0.187. The van der Waals surface area contributed by atoms with Crippen LogP contribution < -0.4 is 15.8 Å². The molecule has 0 unspecified atom stereocenters. The number of benzene rings is 2. The predicted molar refractivity (Wildman–Crippen MR) is 83.9 cm³/mol. The fourth-order valence-corrected chi connectivity index (χ4v) is 1.46. The van der Waals surface area contributed by atoms with Crippen LogP contribution in [0, 0.1) is 6.92 Å². The number of aryl methyl sites for hydroxylation is 1. The minimum absolute atomic E-state index is 0.247. The highest BCUT2D eigenvalue weighted by atomic mass is 16.5. The SMILES string of the molecule is COC(=O)Nc1cccc(OC(N)=O)c1.Cc1ccccc1. The molecule has 0 spiro atoms. The molecule has 0 saturated carbocycles. The zero-order valence-corrected chi connectivity index (χ0v) is 12.4. The molecule has 6 heteroatoms. The van der Waals surface area contributed by atoms with Crippen molar-refractivity contribution in [3.05, 3.63) is 60.2 Å². The number of nitrogens with two attached hydrogens (primary N) is 1. The van der Waals surface area contributed by atoms with Crippen LogP contribution in [0.1, 0.15) is 5.56 Å². The summed E-state index contributed by atoms with van der Waals surface area (Å²) < 4.78 is 9.01. The number of hydrogen-bond donors (Lipinski definition) is 2. The van der Waals surface area contributed by atoms with E-state index in [9.17, 15) is 9.59 Å². The fourth-order valence-electron chi connectivity index (χ4n) is 1.46. The summed E-state index contributed by atoms with van der Waals surface area (Å²) in [6.45, 7) is 2.08. The zero-order valence-electron chi connectivity index (χ0n) is 12.4. The molecule has 2 amide bonds. The maximum absolute atomic E-state index is 10.8. The first-order chi connectivity index (χ1) is 10.5. The minimum Gasteiger partial charge on any atom is -0.453 e. The van der Waals surface area contributed by atoms with Crippen molar-refractivity contribution in [2.24, 2.45) is 5.73 Å². The Kier molecular flexibility index (Phi) is 6.98. The molecule has 0 saturated heterocycles. The van der Waals surface area contributed by atoms with Crippen molar-refractivity contribution in [1.82, 2.24) is 0 Å². The first kappa shape index (κ1) is 17.0. The molecule has 2 aromatic rings. The van der Waals surface area contributed by atoms with Crippen molar-refractivity contribution in [2.75, 3.05) is 12.4 Å². The molecule has 0 aromatic heterocycles. The summed E-state index contributed by atoms with van der Waals surface area (Å²) in [5, 5.41) is 2.41. The molecule has 22 heavy (non-hydrogen) atoms. The Morgan fingerprint density at radius 2 is 1.73 bits per heavy atom. The number of carbonyl (C=O) groups excluding carboxylic acids is 2. The highest BCUT2D eigenvalue weighted by molar-refractivity contribution is 5.84. The number of primary amides is 1. The summed E-state index contributed by atoms with van der Waals surface area (Å²) in [6.07, 6.45) is -1.52. The molecule has 0 fully saturated rings. The van der Waals surface area contributed by atoms with E-state index in [4.69, 9.17) is 5.73 Å². The fraction of sp³-hybridized carbons (Fsp3) is 0.125. The van der Waals surface area contributed by atoms with Gasteiger partial charge in [-0.15, -0.1) is 0 Å². The van der Waals surface area contributed by atoms with Crippen molar-refractivity contribution in [1.29, 1.82) is 0 Å². The molecule has 0 aliphatic heterocycles. The van der Waals surface area contributed by atoms with Gasteiger partial charge in [0.25, 0.3) is 0 Å². The van der Waals surface area contributed by atoms with Crippen molar-refractivity contribution in [3.63, 3.8) is 0 Å². The van der Waals surface area contributed by atoms with E-state index in [0.717, 1.165) is 0 Å². The van der Waals surface area contributed by atoms with Crippen LogP contribution in [0.15, 0.2) is 54.6 Å². The van der Waals surface area contributed by atoms with Gasteiger partial charge in [-0.1, -0.05) is 42.0 Å². The van der Waals surface area contributed by atoms with Crippen LogP contribution in [0.2, 0.25) is 0 Å². The van der Waals surface area contributed by atoms with Crippen LogP contribution in [-0.4, -0.2) is 19.3 Å². The monoisotopic (exact) mass is 302 g/mol. The summed E-state index contributed by atoms with van der Waals surface area (Å²) in [5.41, 5.74) is 6.60. The molecule has 2 rings (SSSR count). The van der Waals surface area contributed by atoms with Crippen LogP contribution in [0.5, 0.6) is 5.75 Å². The van der Waals surface area contributed by atoms with Gasteiger partial charge in [0.15, 0.2) is 0 Å². The summed E-state index contributed by atoms with van der Waals surface area (Å²) >= 11 is 0. The molecule has 0 atom stereocenters. The van der Waals surface area contributed by atoms with Gasteiger partial charge in [0.1, 0.15) is 5.75 Å². The number of methoxy groups -OCH3 is 1. The predicted octanol–water partition coefficient (Wildman–Crippen LogP) is 3.32. The molecule has 116 valence electrons. The largest absolute Gasteiger partial charge is 0.453 e. The Balaban J connectivity index is 0.000000287. The normalized spacial score (nSPS) is 9.00. The highest BCUT2D eigenvalue weighted by Gasteiger charge is 2.03. The smallest absolute Gasteiger partial charge is 0.411 e. The number of amides is 2. The van der Waals surface area contributed by atoms with E-state index < -0.39 is 12.2 Å². The van der Waals surface area contributed by atoms with Crippen molar-refractivity contribution < 1.29 is 19.1 Å². The van der Waals surface area contributed by atoms with Crippen LogP contribution in [0.4, 0.5) is 15.3 Å². The quantitative estimate of drug-likeness (QED) is 0.890. The van der Waals surface area contributed by atoms with Crippen LogP contribution in [0.3, 0.4) is 0 Å². The third-order valence-electron chi connectivity index (χ3n) is 2.42. The van der Waals surface area contributed by atoms with Gasteiger partial charge in [0.2, 0.25) is 0 Å². The van der Waals surface area contributed by atoms with Gasteiger partial charge in [-0.05, 0) is 19.1 Å². The Morgan fingerprint density at radius 1 is 1.05 bits per heavy atom. The zero-order chi connectivity index (χ0) is 16.4. The molecule has 0 bridgehead atoms. The molecule has 0 radical (unpaired) electrons. The average Bonchev–Trinajstić information content (AvgIpc) is 2.48. The summed E-state index contributed by atoms with van der Waals surface area (Å²) in [6, 6.07) is 16.5. The lowest BCUT2D eigenvalue weighted by Gasteiger charge is -2.05. The first-order valence-electron chi connectivity index (χ1n) is 6.45. The Morgan fingerprint density at radius 3 is 2.23 bits per heavy atom. The van der Waals surface area contributed by atoms with E-state index in [1.807, 2.05) is 18.2 Å². The Bertz CT molecular complexity index is 615. The van der Waals surface area contributed by atoms with E-state index in [1.165, 1.54) is 24.8 Å². The van der Waals surface area contributed by atoms with Crippen LogP contribution >= 0.6 is 0 Å². The van der Waals surface area contributed by atoms with Gasteiger partial charge in [-0.25, -0.2) is 9.59 Å². The van der Waals surface area contributed by atoms with Crippen molar-refractivity contribution in [2.45, 2.75) is 6.92 Å². The van der Waals surface area contributed by atoms with Crippen molar-refractivity contribution >= 4 is 17.9 Å². The summed E-state index contributed by atoms with van der Waals surface area (Å²) in [4.78, 5) is 21.3. The van der Waals surface area contributed by atoms with Gasteiger partial charge in [-0.3, -0.25) is 5.32 Å². The Labute approximate surface area is 128 Å². The number of nitrogens with one attached hydrogen (secondary N) is 1. The van der Waals surface area contributed by atoms with Gasteiger partial charge in [-0.2, -0.15) is 0 Å².